The monoisotopic (exact) mass is 297 g/mol. The number of rotatable bonds is 6. The van der Waals surface area contributed by atoms with Crippen molar-refractivity contribution in [2.75, 3.05) is 0 Å². The minimum absolute atomic E-state index is 0.109. The van der Waals surface area contributed by atoms with Crippen LogP contribution in [0.5, 0.6) is 0 Å². The highest BCUT2D eigenvalue weighted by atomic mass is 32.2. The molecule has 1 aromatic rings. The SMILES string of the molecule is CCC(C)N(C(=O)SCc1ccc(F)cc1)C(C)CC. The number of halogens is 1. The second-order valence-electron chi connectivity index (χ2n) is 5.10. The van der Waals surface area contributed by atoms with Crippen molar-refractivity contribution in [3.05, 3.63) is 35.6 Å². The molecule has 0 aromatic heterocycles. The van der Waals surface area contributed by atoms with Crippen molar-refractivity contribution in [3.8, 4) is 0 Å². The molecule has 0 aliphatic rings. The summed E-state index contributed by atoms with van der Waals surface area (Å²) in [4.78, 5) is 14.4. The van der Waals surface area contributed by atoms with Crippen LogP contribution in [0.3, 0.4) is 0 Å². The first-order valence-electron chi connectivity index (χ1n) is 7.19. The lowest BCUT2D eigenvalue weighted by Crippen LogP contribution is -2.42. The van der Waals surface area contributed by atoms with Gasteiger partial charge in [-0.2, -0.15) is 0 Å². The standard InChI is InChI=1S/C16H24FNOS/c1-5-12(3)18(13(4)6-2)16(19)20-11-14-7-9-15(17)10-8-14/h7-10,12-13H,5-6,11H2,1-4H3. The lowest BCUT2D eigenvalue weighted by Gasteiger charge is -2.33. The second kappa shape index (κ2) is 8.30. The average molecular weight is 297 g/mol. The fourth-order valence-electron chi connectivity index (χ4n) is 1.99. The van der Waals surface area contributed by atoms with E-state index in [2.05, 4.69) is 27.7 Å². The maximum Gasteiger partial charge on any atom is 0.282 e. The third kappa shape index (κ3) is 4.82. The Labute approximate surface area is 125 Å². The molecule has 2 nitrogen and oxygen atoms in total. The number of carbonyl (C=O) groups is 1. The van der Waals surface area contributed by atoms with Gasteiger partial charge in [0.15, 0.2) is 0 Å². The Morgan fingerprint density at radius 3 is 2.10 bits per heavy atom. The first-order valence-corrected chi connectivity index (χ1v) is 8.17. The quantitative estimate of drug-likeness (QED) is 0.730. The molecule has 1 rings (SSSR count). The zero-order valence-electron chi connectivity index (χ0n) is 12.7. The minimum atomic E-state index is -0.245. The van der Waals surface area contributed by atoms with E-state index in [1.807, 2.05) is 4.90 Å². The van der Waals surface area contributed by atoms with Crippen molar-refractivity contribution in [1.82, 2.24) is 4.90 Å². The van der Waals surface area contributed by atoms with E-state index in [1.54, 1.807) is 12.1 Å². The topological polar surface area (TPSA) is 20.3 Å². The Balaban J connectivity index is 2.64. The molecule has 1 aromatic carbocycles. The Morgan fingerprint density at radius 1 is 1.15 bits per heavy atom. The number of thioether (sulfide) groups is 1. The highest BCUT2D eigenvalue weighted by molar-refractivity contribution is 8.12. The van der Waals surface area contributed by atoms with Crippen LogP contribution in [-0.2, 0) is 5.75 Å². The van der Waals surface area contributed by atoms with Gasteiger partial charge in [-0.1, -0.05) is 37.7 Å². The normalized spacial score (nSPS) is 13.8. The number of nitrogens with zero attached hydrogens (tertiary/aromatic N) is 1. The van der Waals surface area contributed by atoms with Gasteiger partial charge in [0.05, 0.1) is 0 Å². The molecule has 0 saturated carbocycles. The van der Waals surface area contributed by atoms with Crippen LogP contribution >= 0.6 is 11.8 Å². The third-order valence-electron chi connectivity index (χ3n) is 3.62. The molecule has 0 aliphatic carbocycles. The number of amides is 1. The van der Waals surface area contributed by atoms with Crippen molar-refractivity contribution in [1.29, 1.82) is 0 Å². The van der Waals surface area contributed by atoms with E-state index in [-0.39, 0.29) is 23.1 Å². The van der Waals surface area contributed by atoms with Gasteiger partial charge in [0.25, 0.3) is 5.24 Å². The summed E-state index contributed by atoms with van der Waals surface area (Å²) in [5.41, 5.74) is 0.970. The van der Waals surface area contributed by atoms with E-state index in [0.717, 1.165) is 18.4 Å². The van der Waals surface area contributed by atoms with E-state index in [0.29, 0.717) is 5.75 Å². The summed E-state index contributed by atoms with van der Waals surface area (Å²) in [7, 11) is 0. The van der Waals surface area contributed by atoms with Crippen LogP contribution in [0.25, 0.3) is 0 Å². The maximum atomic E-state index is 12.8. The molecule has 112 valence electrons. The summed E-state index contributed by atoms with van der Waals surface area (Å²) >= 11 is 1.30. The van der Waals surface area contributed by atoms with E-state index in [1.165, 1.54) is 23.9 Å². The van der Waals surface area contributed by atoms with Gasteiger partial charge in [-0.25, -0.2) is 4.39 Å². The molecule has 0 bridgehead atoms. The summed E-state index contributed by atoms with van der Waals surface area (Å²) in [6, 6.07) is 6.82. The zero-order valence-corrected chi connectivity index (χ0v) is 13.5. The lowest BCUT2D eigenvalue weighted by atomic mass is 10.1. The summed E-state index contributed by atoms with van der Waals surface area (Å²) in [6.07, 6.45) is 1.90. The summed E-state index contributed by atoms with van der Waals surface area (Å²) in [5.74, 6) is 0.341. The molecular formula is C16H24FNOS. The molecule has 0 fully saturated rings. The predicted molar refractivity (Wildman–Crippen MR) is 84.4 cm³/mol. The first kappa shape index (κ1) is 17.0. The van der Waals surface area contributed by atoms with Gasteiger partial charge >= 0.3 is 0 Å². The summed E-state index contributed by atoms with van der Waals surface area (Å²) < 4.78 is 12.8. The number of hydrogen-bond donors (Lipinski definition) is 0. The molecule has 20 heavy (non-hydrogen) atoms. The van der Waals surface area contributed by atoms with Crippen LogP contribution in [0, 0.1) is 5.82 Å². The van der Waals surface area contributed by atoms with Gasteiger partial charge < -0.3 is 4.90 Å². The highest BCUT2D eigenvalue weighted by Crippen LogP contribution is 2.22. The highest BCUT2D eigenvalue weighted by Gasteiger charge is 2.23. The number of hydrogen-bond acceptors (Lipinski definition) is 2. The van der Waals surface area contributed by atoms with Crippen molar-refractivity contribution >= 4 is 17.0 Å². The fraction of sp³-hybridized carbons (Fsp3) is 0.562. The Morgan fingerprint density at radius 2 is 1.65 bits per heavy atom. The molecule has 2 atom stereocenters. The van der Waals surface area contributed by atoms with Crippen LogP contribution < -0.4 is 0 Å². The van der Waals surface area contributed by atoms with Gasteiger partial charge in [0.1, 0.15) is 5.82 Å². The van der Waals surface area contributed by atoms with Gasteiger partial charge in [0, 0.05) is 17.8 Å². The van der Waals surface area contributed by atoms with Crippen LogP contribution in [0.1, 0.15) is 46.1 Å². The molecule has 4 heteroatoms. The molecule has 0 heterocycles. The number of benzene rings is 1. The predicted octanol–water partition coefficient (Wildman–Crippen LogP) is 5.08. The summed E-state index contributed by atoms with van der Waals surface area (Å²) in [6.45, 7) is 8.36. The Hall–Kier alpha value is -1.03. The first-order chi connectivity index (χ1) is 9.49. The Kier molecular flexibility index (Phi) is 7.06. The largest absolute Gasteiger partial charge is 0.328 e. The van der Waals surface area contributed by atoms with Crippen molar-refractivity contribution < 1.29 is 9.18 Å². The van der Waals surface area contributed by atoms with Crippen molar-refractivity contribution in [2.24, 2.45) is 0 Å². The molecular weight excluding hydrogens is 273 g/mol. The van der Waals surface area contributed by atoms with Gasteiger partial charge in [-0.15, -0.1) is 0 Å². The Bertz CT molecular complexity index is 411. The smallest absolute Gasteiger partial charge is 0.282 e. The third-order valence-corrected chi connectivity index (χ3v) is 4.55. The van der Waals surface area contributed by atoms with Crippen molar-refractivity contribution in [2.45, 2.75) is 58.4 Å². The maximum absolute atomic E-state index is 12.8. The van der Waals surface area contributed by atoms with Crippen LogP contribution in [0.15, 0.2) is 24.3 Å². The molecule has 0 aliphatic heterocycles. The summed E-state index contributed by atoms with van der Waals surface area (Å²) in [5, 5.41) is 0.109. The van der Waals surface area contributed by atoms with Crippen LogP contribution in [-0.4, -0.2) is 22.2 Å². The molecule has 0 N–H and O–H groups in total. The molecule has 1 amide bonds. The lowest BCUT2D eigenvalue weighted by molar-refractivity contribution is 0.173. The van der Waals surface area contributed by atoms with E-state index in [4.69, 9.17) is 0 Å². The second-order valence-corrected chi connectivity index (χ2v) is 6.03. The average Bonchev–Trinajstić information content (AvgIpc) is 2.46. The van der Waals surface area contributed by atoms with Crippen LogP contribution in [0.2, 0.25) is 0 Å². The van der Waals surface area contributed by atoms with Gasteiger partial charge in [-0.05, 0) is 44.4 Å². The van der Waals surface area contributed by atoms with Gasteiger partial charge in [0.2, 0.25) is 0 Å². The molecule has 0 spiro atoms. The van der Waals surface area contributed by atoms with Gasteiger partial charge in [-0.3, -0.25) is 4.79 Å². The van der Waals surface area contributed by atoms with Crippen molar-refractivity contribution in [3.63, 3.8) is 0 Å². The van der Waals surface area contributed by atoms with Crippen LogP contribution in [0.4, 0.5) is 9.18 Å². The minimum Gasteiger partial charge on any atom is -0.328 e. The van der Waals surface area contributed by atoms with E-state index in [9.17, 15) is 9.18 Å². The molecule has 0 saturated heterocycles. The molecule has 2 unspecified atom stereocenters. The number of carbonyl (C=O) groups excluding carboxylic acids is 1. The van der Waals surface area contributed by atoms with E-state index >= 15 is 0 Å². The molecule has 0 radical (unpaired) electrons. The van der Waals surface area contributed by atoms with E-state index < -0.39 is 0 Å². The zero-order chi connectivity index (χ0) is 15.1. The fourth-order valence-corrected chi connectivity index (χ4v) is 2.98.